The molecular formula is C15H19NO2S. The number of rotatable bonds is 4. The van der Waals surface area contributed by atoms with Crippen LogP contribution in [0.15, 0.2) is 54.0 Å². The van der Waals surface area contributed by atoms with Gasteiger partial charge in [-0.25, -0.2) is 8.42 Å². The van der Waals surface area contributed by atoms with Crippen LogP contribution in [0.5, 0.6) is 0 Å². The van der Waals surface area contributed by atoms with Crippen molar-refractivity contribution in [3.63, 3.8) is 0 Å². The SMILES string of the molecule is C=C1C(/C=C/CC)CN(Cc2ccccc2)S1(=O)=O. The van der Waals surface area contributed by atoms with Gasteiger partial charge in [0.2, 0.25) is 10.0 Å². The lowest BCUT2D eigenvalue weighted by Gasteiger charge is -2.13. The maximum Gasteiger partial charge on any atom is 0.239 e. The lowest BCUT2D eigenvalue weighted by atomic mass is 10.1. The maximum atomic E-state index is 12.3. The Morgan fingerprint density at radius 3 is 2.68 bits per heavy atom. The Bertz CT molecular complexity index is 575. The molecule has 0 radical (unpaired) electrons. The van der Waals surface area contributed by atoms with E-state index in [0.29, 0.717) is 18.0 Å². The summed E-state index contributed by atoms with van der Waals surface area (Å²) in [6.45, 7) is 6.69. The van der Waals surface area contributed by atoms with E-state index in [2.05, 4.69) is 6.58 Å². The fraction of sp³-hybridized carbons (Fsp3) is 0.333. The van der Waals surface area contributed by atoms with E-state index in [4.69, 9.17) is 0 Å². The first kappa shape index (κ1) is 14.0. The normalized spacial score (nSPS) is 23.2. The van der Waals surface area contributed by atoms with Crippen molar-refractivity contribution in [2.75, 3.05) is 6.54 Å². The highest BCUT2D eigenvalue weighted by atomic mass is 32.2. The van der Waals surface area contributed by atoms with E-state index in [9.17, 15) is 8.42 Å². The highest BCUT2D eigenvalue weighted by Crippen LogP contribution is 2.32. The molecule has 4 heteroatoms. The third-order valence-corrected chi connectivity index (χ3v) is 5.21. The summed E-state index contributed by atoms with van der Waals surface area (Å²) >= 11 is 0. The Labute approximate surface area is 115 Å². The molecule has 0 N–H and O–H groups in total. The van der Waals surface area contributed by atoms with E-state index < -0.39 is 10.0 Å². The van der Waals surface area contributed by atoms with Gasteiger partial charge in [-0.2, -0.15) is 4.31 Å². The standard InChI is InChI=1S/C15H19NO2S/c1-3-4-10-15-12-16(19(17,18)13(15)2)11-14-8-6-5-7-9-14/h4-10,15H,2-3,11-12H2,1H3/b10-4+. The minimum atomic E-state index is -3.36. The van der Waals surface area contributed by atoms with E-state index in [1.165, 1.54) is 4.31 Å². The van der Waals surface area contributed by atoms with Crippen molar-refractivity contribution >= 4 is 10.0 Å². The van der Waals surface area contributed by atoms with Gasteiger partial charge in [0.15, 0.2) is 0 Å². The third-order valence-electron chi connectivity index (χ3n) is 3.29. The van der Waals surface area contributed by atoms with E-state index in [1.54, 1.807) is 0 Å². The fourth-order valence-corrected chi connectivity index (χ4v) is 3.72. The van der Waals surface area contributed by atoms with Crippen molar-refractivity contribution in [2.24, 2.45) is 5.92 Å². The van der Waals surface area contributed by atoms with Crippen LogP contribution < -0.4 is 0 Å². The zero-order chi connectivity index (χ0) is 13.9. The van der Waals surface area contributed by atoms with Crippen LogP contribution in [0.3, 0.4) is 0 Å². The second kappa shape index (κ2) is 5.72. The van der Waals surface area contributed by atoms with Crippen LogP contribution in [0, 0.1) is 5.92 Å². The number of allylic oxidation sites excluding steroid dienone is 1. The second-order valence-corrected chi connectivity index (χ2v) is 6.68. The summed E-state index contributed by atoms with van der Waals surface area (Å²) in [5.74, 6) is -0.0892. The average molecular weight is 277 g/mol. The summed E-state index contributed by atoms with van der Waals surface area (Å²) in [4.78, 5) is 0.313. The first-order valence-corrected chi connectivity index (χ1v) is 7.89. The van der Waals surface area contributed by atoms with Crippen molar-refractivity contribution in [1.82, 2.24) is 4.31 Å². The van der Waals surface area contributed by atoms with Gasteiger partial charge in [0.25, 0.3) is 0 Å². The molecule has 0 spiro atoms. The molecule has 2 rings (SSSR count). The van der Waals surface area contributed by atoms with E-state index in [-0.39, 0.29) is 5.92 Å². The topological polar surface area (TPSA) is 37.4 Å². The quantitative estimate of drug-likeness (QED) is 0.794. The van der Waals surface area contributed by atoms with Gasteiger partial charge in [-0.1, -0.05) is 56.0 Å². The molecule has 1 atom stereocenters. The minimum Gasteiger partial charge on any atom is -0.207 e. The predicted octanol–water partition coefficient (Wildman–Crippen LogP) is 2.93. The molecule has 1 aliphatic heterocycles. The average Bonchev–Trinajstić information content (AvgIpc) is 2.61. The molecule has 0 aromatic heterocycles. The summed E-state index contributed by atoms with van der Waals surface area (Å²) in [5.41, 5.74) is 0.999. The van der Waals surface area contributed by atoms with Crippen molar-refractivity contribution in [3.05, 3.63) is 59.5 Å². The number of hydrogen-bond donors (Lipinski definition) is 0. The maximum absolute atomic E-state index is 12.3. The molecule has 1 aromatic carbocycles. The second-order valence-electron chi connectivity index (χ2n) is 4.69. The highest BCUT2D eigenvalue weighted by molar-refractivity contribution is 7.93. The molecule has 1 unspecified atom stereocenters. The van der Waals surface area contributed by atoms with Crippen LogP contribution in [-0.2, 0) is 16.6 Å². The Balaban J connectivity index is 2.18. The van der Waals surface area contributed by atoms with Crippen LogP contribution in [0.2, 0.25) is 0 Å². The first-order chi connectivity index (χ1) is 9.05. The number of hydrogen-bond acceptors (Lipinski definition) is 2. The molecular weight excluding hydrogens is 258 g/mol. The van der Waals surface area contributed by atoms with Gasteiger partial charge in [-0.15, -0.1) is 0 Å². The van der Waals surface area contributed by atoms with Gasteiger partial charge < -0.3 is 0 Å². The van der Waals surface area contributed by atoms with Gasteiger partial charge in [0.1, 0.15) is 0 Å². The Morgan fingerprint density at radius 1 is 1.37 bits per heavy atom. The number of nitrogens with zero attached hydrogens (tertiary/aromatic N) is 1. The van der Waals surface area contributed by atoms with E-state index >= 15 is 0 Å². The van der Waals surface area contributed by atoms with Gasteiger partial charge in [0.05, 0.1) is 4.91 Å². The number of benzene rings is 1. The largest absolute Gasteiger partial charge is 0.239 e. The molecule has 1 heterocycles. The zero-order valence-corrected chi connectivity index (χ0v) is 11.9. The van der Waals surface area contributed by atoms with Crippen molar-refractivity contribution in [1.29, 1.82) is 0 Å². The van der Waals surface area contributed by atoms with Gasteiger partial charge in [-0.05, 0) is 12.0 Å². The van der Waals surface area contributed by atoms with E-state index in [0.717, 1.165) is 12.0 Å². The van der Waals surface area contributed by atoms with Gasteiger partial charge in [-0.3, -0.25) is 0 Å². The summed E-state index contributed by atoms with van der Waals surface area (Å²) in [6.07, 6.45) is 4.85. The first-order valence-electron chi connectivity index (χ1n) is 6.45. The molecule has 0 amide bonds. The molecule has 1 saturated heterocycles. The molecule has 0 aliphatic carbocycles. The molecule has 19 heavy (non-hydrogen) atoms. The Morgan fingerprint density at radius 2 is 2.05 bits per heavy atom. The summed E-state index contributed by atoms with van der Waals surface area (Å²) in [7, 11) is -3.36. The zero-order valence-electron chi connectivity index (χ0n) is 11.1. The van der Waals surface area contributed by atoms with Crippen LogP contribution in [0.4, 0.5) is 0 Å². The molecule has 0 saturated carbocycles. The monoisotopic (exact) mass is 277 g/mol. The van der Waals surface area contributed by atoms with Crippen LogP contribution >= 0.6 is 0 Å². The minimum absolute atomic E-state index is 0.0892. The van der Waals surface area contributed by atoms with Crippen LogP contribution in [0.1, 0.15) is 18.9 Å². The van der Waals surface area contributed by atoms with Crippen molar-refractivity contribution in [3.8, 4) is 0 Å². The smallest absolute Gasteiger partial charge is 0.207 e. The number of sulfonamides is 1. The molecule has 1 aromatic rings. The lowest BCUT2D eigenvalue weighted by Crippen LogP contribution is -2.24. The molecule has 1 aliphatic rings. The molecule has 1 fully saturated rings. The van der Waals surface area contributed by atoms with Crippen LogP contribution in [-0.4, -0.2) is 19.3 Å². The summed E-state index contributed by atoms with van der Waals surface area (Å²) in [5, 5.41) is 0. The van der Waals surface area contributed by atoms with E-state index in [1.807, 2.05) is 49.4 Å². The van der Waals surface area contributed by atoms with Crippen molar-refractivity contribution in [2.45, 2.75) is 19.9 Å². The Hall–Kier alpha value is -1.39. The predicted molar refractivity (Wildman–Crippen MR) is 77.8 cm³/mol. The molecule has 0 bridgehead atoms. The Kier molecular flexibility index (Phi) is 4.22. The summed E-state index contributed by atoms with van der Waals surface area (Å²) < 4.78 is 26.0. The fourth-order valence-electron chi connectivity index (χ4n) is 2.18. The lowest BCUT2D eigenvalue weighted by molar-refractivity contribution is 0.421. The summed E-state index contributed by atoms with van der Waals surface area (Å²) in [6, 6.07) is 9.64. The van der Waals surface area contributed by atoms with Crippen LogP contribution in [0.25, 0.3) is 0 Å². The highest BCUT2D eigenvalue weighted by Gasteiger charge is 2.38. The molecule has 3 nitrogen and oxygen atoms in total. The molecule has 102 valence electrons. The third kappa shape index (κ3) is 2.96. The van der Waals surface area contributed by atoms with Gasteiger partial charge >= 0.3 is 0 Å². The van der Waals surface area contributed by atoms with Gasteiger partial charge in [0, 0.05) is 19.0 Å². The van der Waals surface area contributed by atoms with Crippen molar-refractivity contribution < 1.29 is 8.42 Å².